The summed E-state index contributed by atoms with van der Waals surface area (Å²) in [5.41, 5.74) is 5.26. The fourth-order valence-corrected chi connectivity index (χ4v) is 2.49. The molecule has 0 spiro atoms. The Balaban J connectivity index is 2.22. The molecule has 1 aliphatic rings. The normalized spacial score (nSPS) is 22.3. The van der Waals surface area contributed by atoms with Gasteiger partial charge >= 0.3 is 0 Å². The van der Waals surface area contributed by atoms with Gasteiger partial charge in [-0.25, -0.2) is 0 Å². The lowest BCUT2D eigenvalue weighted by molar-refractivity contribution is -0.120. The number of carbonyl (C=O) groups excluding carboxylic acids is 1. The summed E-state index contributed by atoms with van der Waals surface area (Å²) in [5.74, 6) is 2.19. The van der Waals surface area contributed by atoms with Crippen LogP contribution in [0.5, 0.6) is 0 Å². The molecule has 1 aliphatic heterocycles. The van der Waals surface area contributed by atoms with Crippen LogP contribution in [-0.4, -0.2) is 28.4 Å². The van der Waals surface area contributed by atoms with E-state index in [9.17, 15) is 4.79 Å². The lowest BCUT2D eigenvalue weighted by Crippen LogP contribution is -2.39. The molecular weight excluding hydrogens is 204 g/mol. The first-order chi connectivity index (χ1) is 6.18. The molecule has 0 aliphatic carbocycles. The summed E-state index contributed by atoms with van der Waals surface area (Å²) in [7, 11) is 0. The van der Waals surface area contributed by atoms with E-state index in [0.29, 0.717) is 6.04 Å². The van der Waals surface area contributed by atoms with E-state index in [2.05, 4.69) is 17.5 Å². The van der Waals surface area contributed by atoms with E-state index in [-0.39, 0.29) is 17.3 Å². The molecule has 0 aromatic heterocycles. The third kappa shape index (κ3) is 4.47. The van der Waals surface area contributed by atoms with Crippen molar-refractivity contribution in [1.82, 2.24) is 5.32 Å². The molecule has 0 radical (unpaired) electrons. The van der Waals surface area contributed by atoms with E-state index in [1.807, 2.05) is 11.8 Å². The molecule has 1 amide bonds. The van der Waals surface area contributed by atoms with Crippen molar-refractivity contribution in [2.24, 2.45) is 5.73 Å². The zero-order valence-corrected chi connectivity index (χ0v) is 9.05. The molecule has 3 nitrogen and oxygen atoms in total. The molecule has 1 atom stereocenters. The molecule has 0 bridgehead atoms. The minimum absolute atomic E-state index is 0.0417. The predicted molar refractivity (Wildman–Crippen MR) is 59.9 cm³/mol. The van der Waals surface area contributed by atoms with E-state index in [1.54, 1.807) is 0 Å². The first-order valence-corrected chi connectivity index (χ1v) is 5.90. The van der Waals surface area contributed by atoms with Crippen molar-refractivity contribution in [3.8, 4) is 0 Å². The molecule has 1 heterocycles. The van der Waals surface area contributed by atoms with Crippen LogP contribution in [0.15, 0.2) is 0 Å². The van der Waals surface area contributed by atoms with Crippen LogP contribution < -0.4 is 11.1 Å². The van der Waals surface area contributed by atoms with Gasteiger partial charge in [-0.05, 0) is 18.6 Å². The minimum Gasteiger partial charge on any atom is -0.393 e. The van der Waals surface area contributed by atoms with E-state index in [4.69, 9.17) is 5.73 Å². The van der Waals surface area contributed by atoms with Gasteiger partial charge in [-0.15, -0.1) is 0 Å². The van der Waals surface area contributed by atoms with Crippen molar-refractivity contribution in [1.29, 1.82) is 0 Å². The Morgan fingerprint density at radius 2 is 2.46 bits per heavy atom. The quantitative estimate of drug-likeness (QED) is 0.684. The van der Waals surface area contributed by atoms with Gasteiger partial charge in [0.1, 0.15) is 0 Å². The van der Waals surface area contributed by atoms with Gasteiger partial charge < -0.3 is 11.1 Å². The van der Waals surface area contributed by atoms with E-state index >= 15 is 0 Å². The van der Waals surface area contributed by atoms with Crippen LogP contribution in [0, 0.1) is 0 Å². The Kier molecular flexibility index (Phi) is 4.52. The molecule has 1 unspecified atom stereocenters. The number of nitrogens with one attached hydrogen (secondary N) is 1. The average Bonchev–Trinajstić information content (AvgIpc) is 2.04. The molecule has 3 N–H and O–H groups in total. The summed E-state index contributed by atoms with van der Waals surface area (Å²) in [6, 6.07) is 0.320. The molecule has 1 rings (SSSR count). The molecule has 1 saturated heterocycles. The molecule has 0 aromatic rings. The standard InChI is InChI=1S/C8H14N2OS2/c9-7(12)4-8(11)10-6-2-1-3-13-5-6/h6H,1-5H2,(H2,9,12)(H,10,11). The number of carbonyl (C=O) groups is 1. The molecule has 0 saturated carbocycles. The molecule has 0 aromatic carbocycles. The van der Waals surface area contributed by atoms with Gasteiger partial charge in [0.05, 0.1) is 11.4 Å². The third-order valence-electron chi connectivity index (χ3n) is 1.86. The fourth-order valence-electron chi connectivity index (χ4n) is 1.29. The highest BCUT2D eigenvalue weighted by Crippen LogP contribution is 2.16. The Morgan fingerprint density at radius 1 is 1.69 bits per heavy atom. The molecular formula is C8H14N2OS2. The van der Waals surface area contributed by atoms with Crippen molar-refractivity contribution >= 4 is 34.9 Å². The average molecular weight is 218 g/mol. The summed E-state index contributed by atoms with van der Waals surface area (Å²) < 4.78 is 0. The number of rotatable bonds is 3. The summed E-state index contributed by atoms with van der Waals surface area (Å²) in [6.45, 7) is 0. The van der Waals surface area contributed by atoms with E-state index in [0.717, 1.165) is 12.2 Å². The zero-order valence-electron chi connectivity index (χ0n) is 7.41. The van der Waals surface area contributed by atoms with Gasteiger partial charge in [0.2, 0.25) is 5.91 Å². The number of nitrogens with two attached hydrogens (primary N) is 1. The lowest BCUT2D eigenvalue weighted by Gasteiger charge is -2.22. The minimum atomic E-state index is -0.0417. The monoisotopic (exact) mass is 218 g/mol. The van der Waals surface area contributed by atoms with E-state index in [1.165, 1.54) is 12.2 Å². The summed E-state index contributed by atoms with van der Waals surface area (Å²) in [5, 5.41) is 2.92. The Hall–Kier alpha value is -0.290. The van der Waals surface area contributed by atoms with Gasteiger partial charge in [0.15, 0.2) is 0 Å². The van der Waals surface area contributed by atoms with Crippen LogP contribution in [-0.2, 0) is 4.79 Å². The van der Waals surface area contributed by atoms with E-state index < -0.39 is 0 Å². The second-order valence-corrected chi connectivity index (χ2v) is 4.80. The topological polar surface area (TPSA) is 55.1 Å². The van der Waals surface area contributed by atoms with Gasteiger partial charge in [0.25, 0.3) is 0 Å². The number of hydrogen-bond acceptors (Lipinski definition) is 3. The van der Waals surface area contributed by atoms with Crippen LogP contribution in [0.3, 0.4) is 0 Å². The smallest absolute Gasteiger partial charge is 0.227 e. The SMILES string of the molecule is NC(=S)CC(=O)NC1CCCSC1. The molecule has 13 heavy (non-hydrogen) atoms. The Labute approximate surface area is 87.8 Å². The zero-order chi connectivity index (χ0) is 9.68. The van der Waals surface area contributed by atoms with Gasteiger partial charge in [-0.2, -0.15) is 11.8 Å². The Bertz CT molecular complexity index is 202. The highest BCUT2D eigenvalue weighted by atomic mass is 32.2. The van der Waals surface area contributed by atoms with Crippen LogP contribution in [0.2, 0.25) is 0 Å². The summed E-state index contributed by atoms with van der Waals surface area (Å²) >= 11 is 6.54. The highest BCUT2D eigenvalue weighted by Gasteiger charge is 2.15. The Morgan fingerprint density at radius 3 is 3.00 bits per heavy atom. The van der Waals surface area contributed by atoms with Gasteiger partial charge in [-0.3, -0.25) is 4.79 Å². The van der Waals surface area contributed by atoms with Crippen LogP contribution in [0.1, 0.15) is 19.3 Å². The third-order valence-corrected chi connectivity index (χ3v) is 3.22. The maximum atomic E-state index is 11.2. The summed E-state index contributed by atoms with van der Waals surface area (Å²) in [4.78, 5) is 11.5. The number of amides is 1. The maximum Gasteiger partial charge on any atom is 0.227 e. The van der Waals surface area contributed by atoms with Crippen LogP contribution >= 0.6 is 24.0 Å². The predicted octanol–water partition coefficient (Wildman–Crippen LogP) is 0.674. The second-order valence-electron chi connectivity index (χ2n) is 3.12. The highest BCUT2D eigenvalue weighted by molar-refractivity contribution is 7.99. The van der Waals surface area contributed by atoms with Crippen molar-refractivity contribution < 1.29 is 4.79 Å². The lowest BCUT2D eigenvalue weighted by atomic mass is 10.2. The van der Waals surface area contributed by atoms with Crippen molar-refractivity contribution in [2.45, 2.75) is 25.3 Å². The number of hydrogen-bond donors (Lipinski definition) is 2. The van der Waals surface area contributed by atoms with Gasteiger partial charge in [0, 0.05) is 11.8 Å². The number of thioether (sulfide) groups is 1. The summed E-state index contributed by atoms with van der Waals surface area (Å²) in [6.07, 6.45) is 2.44. The molecule has 1 fully saturated rings. The maximum absolute atomic E-state index is 11.2. The second kappa shape index (κ2) is 5.44. The van der Waals surface area contributed by atoms with Crippen molar-refractivity contribution in [3.63, 3.8) is 0 Å². The largest absolute Gasteiger partial charge is 0.393 e. The van der Waals surface area contributed by atoms with Crippen LogP contribution in [0.25, 0.3) is 0 Å². The first kappa shape index (κ1) is 10.8. The fraction of sp³-hybridized carbons (Fsp3) is 0.750. The van der Waals surface area contributed by atoms with Crippen molar-refractivity contribution in [2.75, 3.05) is 11.5 Å². The van der Waals surface area contributed by atoms with Gasteiger partial charge in [-0.1, -0.05) is 12.2 Å². The van der Waals surface area contributed by atoms with Crippen molar-refractivity contribution in [3.05, 3.63) is 0 Å². The first-order valence-electron chi connectivity index (χ1n) is 4.34. The molecule has 74 valence electrons. The molecule has 5 heteroatoms. The number of thiocarbonyl (C=S) groups is 1. The van der Waals surface area contributed by atoms with Crippen LogP contribution in [0.4, 0.5) is 0 Å².